The molecule has 6 nitrogen and oxygen atoms in total. The molecule has 1 saturated heterocycles. The summed E-state index contributed by atoms with van der Waals surface area (Å²) in [5, 5.41) is 14.3. The van der Waals surface area contributed by atoms with E-state index in [0.29, 0.717) is 17.7 Å². The number of carbonyl (C=O) groups is 1. The summed E-state index contributed by atoms with van der Waals surface area (Å²) in [5.74, 6) is -0.117. The lowest BCUT2D eigenvalue weighted by Gasteiger charge is -2.28. The van der Waals surface area contributed by atoms with Crippen molar-refractivity contribution in [2.24, 2.45) is 0 Å². The molecule has 1 aromatic carbocycles. The van der Waals surface area contributed by atoms with Crippen molar-refractivity contribution in [2.75, 3.05) is 19.6 Å². The lowest BCUT2D eigenvalue weighted by Crippen LogP contribution is -2.42. The molecule has 1 aliphatic rings. The van der Waals surface area contributed by atoms with Crippen LogP contribution < -0.4 is 5.32 Å². The second-order valence-corrected chi connectivity index (χ2v) is 5.40. The van der Waals surface area contributed by atoms with Crippen LogP contribution >= 0.6 is 12.4 Å². The van der Waals surface area contributed by atoms with Gasteiger partial charge in [0.25, 0.3) is 11.6 Å². The molecule has 2 rings (SSSR count). The van der Waals surface area contributed by atoms with Crippen molar-refractivity contribution in [3.63, 3.8) is 0 Å². The van der Waals surface area contributed by atoms with Gasteiger partial charge in [0.2, 0.25) is 0 Å². The van der Waals surface area contributed by atoms with Crippen LogP contribution in [0, 0.1) is 17.0 Å². The number of nitro groups is 1. The number of halogens is 1. The largest absolute Gasteiger partial charge is 0.334 e. The maximum Gasteiger partial charge on any atom is 0.273 e. The molecule has 1 atom stereocenters. The fraction of sp³-hybridized carbons (Fsp3) is 0.533. The van der Waals surface area contributed by atoms with Crippen molar-refractivity contribution in [3.05, 3.63) is 39.4 Å². The molecule has 0 aromatic heterocycles. The number of carbonyl (C=O) groups excluding carboxylic acids is 1. The molecule has 0 radical (unpaired) electrons. The summed E-state index contributed by atoms with van der Waals surface area (Å²) in [4.78, 5) is 25.1. The van der Waals surface area contributed by atoms with Gasteiger partial charge in [-0.2, -0.15) is 0 Å². The van der Waals surface area contributed by atoms with Gasteiger partial charge in [-0.3, -0.25) is 14.9 Å². The van der Waals surface area contributed by atoms with Gasteiger partial charge in [-0.1, -0.05) is 13.0 Å². The second kappa shape index (κ2) is 8.10. The maximum absolute atomic E-state index is 12.7. The van der Waals surface area contributed by atoms with Gasteiger partial charge >= 0.3 is 0 Å². The first-order valence-corrected chi connectivity index (χ1v) is 7.31. The average Bonchev–Trinajstić information content (AvgIpc) is 2.98. The quantitative estimate of drug-likeness (QED) is 0.666. The minimum absolute atomic E-state index is 0. The van der Waals surface area contributed by atoms with E-state index in [1.165, 1.54) is 6.07 Å². The highest BCUT2D eigenvalue weighted by atomic mass is 35.5. The zero-order valence-corrected chi connectivity index (χ0v) is 13.7. The zero-order chi connectivity index (χ0) is 15.4. The van der Waals surface area contributed by atoms with Crippen molar-refractivity contribution in [1.29, 1.82) is 0 Å². The van der Waals surface area contributed by atoms with Crippen molar-refractivity contribution in [3.8, 4) is 0 Å². The van der Waals surface area contributed by atoms with E-state index in [9.17, 15) is 14.9 Å². The van der Waals surface area contributed by atoms with Gasteiger partial charge in [0.05, 0.1) is 4.92 Å². The number of nitro benzene ring substituents is 1. The van der Waals surface area contributed by atoms with Crippen LogP contribution in [-0.2, 0) is 0 Å². The summed E-state index contributed by atoms with van der Waals surface area (Å²) in [7, 11) is 0. The fourth-order valence-corrected chi connectivity index (χ4v) is 2.70. The van der Waals surface area contributed by atoms with E-state index < -0.39 is 4.92 Å². The number of aryl methyl sites for hydroxylation is 1. The highest BCUT2D eigenvalue weighted by Gasteiger charge is 2.27. The Kier molecular flexibility index (Phi) is 6.77. The molecule has 22 heavy (non-hydrogen) atoms. The van der Waals surface area contributed by atoms with Crippen molar-refractivity contribution >= 4 is 24.0 Å². The van der Waals surface area contributed by atoms with E-state index in [0.717, 1.165) is 25.9 Å². The Labute approximate surface area is 136 Å². The summed E-state index contributed by atoms with van der Waals surface area (Å²) in [5.41, 5.74) is 0.968. The van der Waals surface area contributed by atoms with Crippen molar-refractivity contribution in [1.82, 2.24) is 10.2 Å². The molecule has 1 N–H and O–H groups in total. The average molecular weight is 328 g/mol. The number of amides is 1. The number of rotatable bonds is 5. The Morgan fingerprint density at radius 2 is 2.23 bits per heavy atom. The Hall–Kier alpha value is -1.66. The molecule has 0 saturated carbocycles. The molecule has 7 heteroatoms. The van der Waals surface area contributed by atoms with Crippen LogP contribution in [-0.4, -0.2) is 41.4 Å². The highest BCUT2D eigenvalue weighted by Crippen LogP contribution is 2.22. The molecular formula is C15H22ClN3O3. The predicted molar refractivity (Wildman–Crippen MR) is 87.7 cm³/mol. The van der Waals surface area contributed by atoms with Gasteiger partial charge in [0.15, 0.2) is 0 Å². The molecule has 1 heterocycles. The SMILES string of the molecule is CCCN(C(=O)c1ccc(C)c([N+](=O)[O-])c1)C1CCNC1.Cl. The lowest BCUT2D eigenvalue weighted by molar-refractivity contribution is -0.385. The molecular weight excluding hydrogens is 306 g/mol. The van der Waals surface area contributed by atoms with E-state index in [1.54, 1.807) is 19.1 Å². The van der Waals surface area contributed by atoms with Crippen LogP contribution in [0.3, 0.4) is 0 Å². The van der Waals surface area contributed by atoms with Crippen LogP contribution in [0.2, 0.25) is 0 Å². The second-order valence-electron chi connectivity index (χ2n) is 5.40. The van der Waals surface area contributed by atoms with E-state index in [2.05, 4.69) is 5.32 Å². The molecule has 0 aliphatic carbocycles. The smallest absolute Gasteiger partial charge is 0.273 e. The molecule has 1 unspecified atom stereocenters. The minimum atomic E-state index is -0.437. The number of benzene rings is 1. The summed E-state index contributed by atoms with van der Waals surface area (Å²) < 4.78 is 0. The molecule has 1 aromatic rings. The molecule has 0 spiro atoms. The highest BCUT2D eigenvalue weighted by molar-refractivity contribution is 5.95. The minimum Gasteiger partial charge on any atom is -0.334 e. The van der Waals surface area contributed by atoms with Gasteiger partial charge in [-0.15, -0.1) is 12.4 Å². The Morgan fingerprint density at radius 3 is 2.77 bits per heavy atom. The standard InChI is InChI=1S/C15H21N3O3.ClH/c1-3-8-17(13-6-7-16-10-13)15(19)12-5-4-11(2)14(9-12)18(20)21;/h4-5,9,13,16H,3,6-8,10H2,1-2H3;1H. The monoisotopic (exact) mass is 327 g/mol. The van der Waals surface area contributed by atoms with E-state index in [1.807, 2.05) is 11.8 Å². The number of hydrogen-bond donors (Lipinski definition) is 1. The van der Waals surface area contributed by atoms with Crippen molar-refractivity contribution < 1.29 is 9.72 Å². The lowest BCUT2D eigenvalue weighted by atomic mass is 10.1. The van der Waals surface area contributed by atoms with Crippen LogP contribution in [0.15, 0.2) is 18.2 Å². The summed E-state index contributed by atoms with van der Waals surface area (Å²) >= 11 is 0. The third kappa shape index (κ3) is 3.96. The Bertz CT molecular complexity index is 545. The van der Waals surface area contributed by atoms with Gasteiger partial charge in [0, 0.05) is 36.3 Å². The molecule has 1 aliphatic heterocycles. The molecule has 122 valence electrons. The summed E-state index contributed by atoms with van der Waals surface area (Å²) in [6, 6.07) is 4.89. The number of nitrogens with one attached hydrogen (secondary N) is 1. The zero-order valence-electron chi connectivity index (χ0n) is 12.9. The topological polar surface area (TPSA) is 75.5 Å². The van der Waals surface area contributed by atoms with Gasteiger partial charge < -0.3 is 10.2 Å². The Balaban J connectivity index is 0.00000242. The van der Waals surface area contributed by atoms with Gasteiger partial charge in [-0.05, 0) is 32.4 Å². The molecule has 1 fully saturated rings. The van der Waals surface area contributed by atoms with Crippen LogP contribution in [0.5, 0.6) is 0 Å². The first kappa shape index (κ1) is 18.4. The third-order valence-corrected chi connectivity index (χ3v) is 3.85. The Morgan fingerprint density at radius 1 is 1.50 bits per heavy atom. The van der Waals surface area contributed by atoms with Gasteiger partial charge in [-0.25, -0.2) is 0 Å². The number of hydrogen-bond acceptors (Lipinski definition) is 4. The van der Waals surface area contributed by atoms with E-state index in [4.69, 9.17) is 0 Å². The van der Waals surface area contributed by atoms with Crippen LogP contribution in [0.25, 0.3) is 0 Å². The normalized spacial score (nSPS) is 16.9. The summed E-state index contributed by atoms with van der Waals surface area (Å²) in [6.45, 7) is 6.08. The maximum atomic E-state index is 12.7. The van der Waals surface area contributed by atoms with Crippen molar-refractivity contribution in [2.45, 2.75) is 32.7 Å². The number of nitrogens with zero attached hydrogens (tertiary/aromatic N) is 2. The fourth-order valence-electron chi connectivity index (χ4n) is 2.70. The summed E-state index contributed by atoms with van der Waals surface area (Å²) in [6.07, 6.45) is 1.80. The van der Waals surface area contributed by atoms with Gasteiger partial charge in [0.1, 0.15) is 0 Å². The molecule has 0 bridgehead atoms. The first-order chi connectivity index (χ1) is 10.0. The third-order valence-electron chi connectivity index (χ3n) is 3.85. The predicted octanol–water partition coefficient (Wildman–Crippen LogP) is 2.54. The van der Waals surface area contributed by atoms with E-state index in [-0.39, 0.29) is 30.0 Å². The van der Waals surface area contributed by atoms with Crippen LogP contribution in [0.1, 0.15) is 35.7 Å². The first-order valence-electron chi connectivity index (χ1n) is 7.31. The van der Waals surface area contributed by atoms with Crippen LogP contribution in [0.4, 0.5) is 5.69 Å². The van der Waals surface area contributed by atoms with E-state index >= 15 is 0 Å². The molecule has 1 amide bonds.